The standard InChI is InChI=1S/C21H25N3O3/c1-3-4-13-27-19-11-7-17(8-12-19)15-22-24-21(26)14-20(25)23-18-9-5-16(2)6-10-18/h5-12,15H,3-4,13-14H2,1-2H3,(H,23,25)(H,24,26). The number of hydrogen-bond donors (Lipinski definition) is 2. The molecule has 6 heteroatoms. The molecule has 0 aliphatic rings. The molecule has 0 aliphatic carbocycles. The van der Waals surface area contributed by atoms with Gasteiger partial charge in [-0.1, -0.05) is 31.0 Å². The number of anilines is 1. The summed E-state index contributed by atoms with van der Waals surface area (Å²) in [7, 11) is 0. The first-order valence-electron chi connectivity index (χ1n) is 8.98. The summed E-state index contributed by atoms with van der Waals surface area (Å²) in [6.07, 6.45) is 3.33. The highest BCUT2D eigenvalue weighted by Gasteiger charge is 2.08. The van der Waals surface area contributed by atoms with Crippen LogP contribution in [0.1, 0.15) is 37.3 Å². The Morgan fingerprint density at radius 1 is 1.04 bits per heavy atom. The van der Waals surface area contributed by atoms with Crippen molar-refractivity contribution in [1.82, 2.24) is 5.43 Å². The molecule has 2 amide bonds. The minimum Gasteiger partial charge on any atom is -0.494 e. The molecule has 0 fully saturated rings. The van der Waals surface area contributed by atoms with E-state index in [-0.39, 0.29) is 12.3 Å². The number of amides is 2. The van der Waals surface area contributed by atoms with E-state index in [2.05, 4.69) is 22.8 Å². The highest BCUT2D eigenvalue weighted by Crippen LogP contribution is 2.11. The number of hydrazone groups is 1. The largest absolute Gasteiger partial charge is 0.494 e. The number of nitrogens with one attached hydrogen (secondary N) is 2. The molecule has 0 saturated carbocycles. The van der Waals surface area contributed by atoms with Crippen molar-refractivity contribution in [2.75, 3.05) is 11.9 Å². The third-order valence-electron chi connectivity index (χ3n) is 3.71. The fraction of sp³-hybridized carbons (Fsp3) is 0.286. The number of carbonyl (C=O) groups is 2. The number of benzene rings is 2. The highest BCUT2D eigenvalue weighted by molar-refractivity contribution is 6.03. The summed E-state index contributed by atoms with van der Waals surface area (Å²) in [6, 6.07) is 14.8. The maximum Gasteiger partial charge on any atom is 0.249 e. The molecule has 6 nitrogen and oxygen atoms in total. The zero-order valence-electron chi connectivity index (χ0n) is 15.7. The molecular formula is C21H25N3O3. The summed E-state index contributed by atoms with van der Waals surface area (Å²) in [6.45, 7) is 4.78. The first kappa shape index (κ1) is 20.2. The van der Waals surface area contributed by atoms with Gasteiger partial charge in [-0.15, -0.1) is 0 Å². The van der Waals surface area contributed by atoms with Crippen LogP contribution in [0, 0.1) is 6.92 Å². The van der Waals surface area contributed by atoms with E-state index in [4.69, 9.17) is 4.74 Å². The van der Waals surface area contributed by atoms with Crippen molar-refractivity contribution in [1.29, 1.82) is 0 Å². The maximum atomic E-state index is 11.8. The molecule has 0 bridgehead atoms. The van der Waals surface area contributed by atoms with Gasteiger partial charge in [0.2, 0.25) is 11.8 Å². The second-order valence-electron chi connectivity index (χ2n) is 6.16. The lowest BCUT2D eigenvalue weighted by Gasteiger charge is -2.05. The van der Waals surface area contributed by atoms with Crippen molar-refractivity contribution >= 4 is 23.7 Å². The first-order chi connectivity index (χ1) is 13.1. The Morgan fingerprint density at radius 3 is 2.41 bits per heavy atom. The predicted molar refractivity (Wildman–Crippen MR) is 107 cm³/mol. The number of rotatable bonds is 9. The average molecular weight is 367 g/mol. The Labute approximate surface area is 159 Å². The van der Waals surface area contributed by atoms with E-state index in [1.807, 2.05) is 43.3 Å². The molecule has 0 saturated heterocycles. The third kappa shape index (κ3) is 7.73. The van der Waals surface area contributed by atoms with Crippen molar-refractivity contribution < 1.29 is 14.3 Å². The minimum atomic E-state index is -0.476. The maximum absolute atomic E-state index is 11.8. The summed E-state index contributed by atoms with van der Waals surface area (Å²) in [5, 5.41) is 6.54. The number of aryl methyl sites for hydroxylation is 1. The van der Waals surface area contributed by atoms with E-state index in [1.165, 1.54) is 6.21 Å². The molecule has 27 heavy (non-hydrogen) atoms. The smallest absolute Gasteiger partial charge is 0.249 e. The molecule has 0 aromatic heterocycles. The lowest BCUT2D eigenvalue weighted by molar-refractivity contribution is -0.126. The second kappa shape index (κ2) is 10.8. The van der Waals surface area contributed by atoms with Crippen LogP contribution >= 0.6 is 0 Å². The van der Waals surface area contributed by atoms with Crippen molar-refractivity contribution in [3.8, 4) is 5.75 Å². The second-order valence-corrected chi connectivity index (χ2v) is 6.16. The lowest BCUT2D eigenvalue weighted by Crippen LogP contribution is -2.24. The van der Waals surface area contributed by atoms with Crippen molar-refractivity contribution in [3.63, 3.8) is 0 Å². The molecule has 0 aliphatic heterocycles. The van der Waals surface area contributed by atoms with E-state index in [9.17, 15) is 9.59 Å². The van der Waals surface area contributed by atoms with Crippen LogP contribution in [0.15, 0.2) is 53.6 Å². The van der Waals surface area contributed by atoms with Crippen LogP contribution in [-0.2, 0) is 9.59 Å². The predicted octanol–water partition coefficient (Wildman–Crippen LogP) is 3.65. The molecule has 0 spiro atoms. The van der Waals surface area contributed by atoms with Crippen LogP contribution in [-0.4, -0.2) is 24.6 Å². The Morgan fingerprint density at radius 2 is 1.74 bits per heavy atom. The summed E-state index contributed by atoms with van der Waals surface area (Å²) in [5.74, 6) is -0.0621. The SMILES string of the molecule is CCCCOc1ccc(C=NNC(=O)CC(=O)Nc2ccc(C)cc2)cc1. The molecule has 2 N–H and O–H groups in total. The number of nitrogens with zero attached hydrogens (tertiary/aromatic N) is 1. The summed E-state index contributed by atoms with van der Waals surface area (Å²) in [4.78, 5) is 23.6. The monoisotopic (exact) mass is 367 g/mol. The van der Waals surface area contributed by atoms with E-state index < -0.39 is 5.91 Å². The van der Waals surface area contributed by atoms with Crippen LogP contribution in [0.4, 0.5) is 5.69 Å². The minimum absolute atomic E-state index is 0.296. The van der Waals surface area contributed by atoms with Gasteiger partial charge in [0.15, 0.2) is 0 Å². The number of hydrogen-bond acceptors (Lipinski definition) is 4. The third-order valence-corrected chi connectivity index (χ3v) is 3.71. The van der Waals surface area contributed by atoms with E-state index in [1.54, 1.807) is 12.1 Å². The van der Waals surface area contributed by atoms with Crippen molar-refractivity contribution in [3.05, 3.63) is 59.7 Å². The van der Waals surface area contributed by atoms with E-state index in [0.717, 1.165) is 29.7 Å². The van der Waals surface area contributed by atoms with Crippen molar-refractivity contribution in [2.45, 2.75) is 33.1 Å². The number of ether oxygens (including phenoxy) is 1. The van der Waals surface area contributed by atoms with Crippen LogP contribution in [0.3, 0.4) is 0 Å². The van der Waals surface area contributed by atoms with Gasteiger partial charge in [0.05, 0.1) is 12.8 Å². The molecule has 142 valence electrons. The zero-order chi connectivity index (χ0) is 19.5. The van der Waals surface area contributed by atoms with Gasteiger partial charge in [0.25, 0.3) is 0 Å². The van der Waals surface area contributed by atoms with Gasteiger partial charge in [0.1, 0.15) is 12.2 Å². The van der Waals surface area contributed by atoms with Gasteiger partial charge in [-0.3, -0.25) is 9.59 Å². The average Bonchev–Trinajstić information content (AvgIpc) is 2.65. The number of unbranched alkanes of at least 4 members (excludes halogenated alkanes) is 1. The van der Waals surface area contributed by atoms with Crippen LogP contribution in [0.25, 0.3) is 0 Å². The molecule has 0 radical (unpaired) electrons. The van der Waals surface area contributed by atoms with Gasteiger partial charge < -0.3 is 10.1 Å². The van der Waals surface area contributed by atoms with Gasteiger partial charge in [-0.2, -0.15) is 5.10 Å². The Hall–Kier alpha value is -3.15. The van der Waals surface area contributed by atoms with E-state index >= 15 is 0 Å². The fourth-order valence-electron chi connectivity index (χ4n) is 2.19. The fourth-order valence-corrected chi connectivity index (χ4v) is 2.19. The Bertz CT molecular complexity index is 768. The van der Waals surface area contributed by atoms with Crippen LogP contribution in [0.2, 0.25) is 0 Å². The molecule has 0 heterocycles. The summed E-state index contributed by atoms with van der Waals surface area (Å²) >= 11 is 0. The highest BCUT2D eigenvalue weighted by atomic mass is 16.5. The van der Waals surface area contributed by atoms with Crippen LogP contribution in [0.5, 0.6) is 5.75 Å². The molecule has 2 aromatic rings. The number of carbonyl (C=O) groups excluding carboxylic acids is 2. The van der Waals surface area contributed by atoms with Crippen molar-refractivity contribution in [2.24, 2.45) is 5.10 Å². The summed E-state index contributed by atoms with van der Waals surface area (Å²) < 4.78 is 5.58. The van der Waals surface area contributed by atoms with E-state index in [0.29, 0.717) is 12.3 Å². The van der Waals surface area contributed by atoms with Gasteiger partial charge >= 0.3 is 0 Å². The zero-order valence-corrected chi connectivity index (χ0v) is 15.7. The van der Waals surface area contributed by atoms with Gasteiger partial charge in [0, 0.05) is 5.69 Å². The van der Waals surface area contributed by atoms with Crippen LogP contribution < -0.4 is 15.5 Å². The molecule has 2 rings (SSSR count). The first-order valence-corrected chi connectivity index (χ1v) is 8.98. The Balaban J connectivity index is 1.74. The topological polar surface area (TPSA) is 79.8 Å². The molecular weight excluding hydrogens is 342 g/mol. The lowest BCUT2D eigenvalue weighted by atomic mass is 10.2. The quantitative estimate of drug-likeness (QED) is 0.307. The Kier molecular flexibility index (Phi) is 8.03. The molecule has 0 unspecified atom stereocenters. The van der Waals surface area contributed by atoms with Gasteiger partial charge in [-0.05, 0) is 55.3 Å². The normalized spacial score (nSPS) is 10.6. The molecule has 2 aromatic carbocycles. The summed E-state index contributed by atoms with van der Waals surface area (Å²) in [5.41, 5.74) is 4.93. The van der Waals surface area contributed by atoms with Gasteiger partial charge in [-0.25, -0.2) is 5.43 Å². The molecule has 0 atom stereocenters.